The summed E-state index contributed by atoms with van der Waals surface area (Å²) < 4.78 is 18.7. The lowest BCUT2D eigenvalue weighted by atomic mass is 10.2. The monoisotopic (exact) mass is 412 g/mol. The summed E-state index contributed by atoms with van der Waals surface area (Å²) in [7, 11) is 0. The van der Waals surface area contributed by atoms with Crippen LogP contribution in [0.1, 0.15) is 5.56 Å². The molecular weight excluding hydrogens is 389 g/mol. The minimum Gasteiger partial charge on any atom is -0.370 e. The summed E-state index contributed by atoms with van der Waals surface area (Å²) in [5, 5.41) is 2.63. The number of hydrogen-bond acceptors (Lipinski definition) is 4. The number of carbonyl (C=O) groups excluding carboxylic acids is 1. The number of rotatable bonds is 6. The van der Waals surface area contributed by atoms with E-state index in [1.807, 2.05) is 35.7 Å². The van der Waals surface area contributed by atoms with E-state index in [0.717, 1.165) is 29.9 Å². The van der Waals surface area contributed by atoms with Crippen LogP contribution in [0.4, 0.5) is 9.52 Å². The number of aromatic nitrogens is 1. The lowest BCUT2D eigenvalue weighted by Crippen LogP contribution is -3.15. The van der Waals surface area contributed by atoms with E-state index in [-0.39, 0.29) is 11.7 Å². The molecule has 0 bridgehead atoms. The lowest BCUT2D eigenvalue weighted by molar-refractivity contribution is -0.900. The number of halogens is 1. The molecule has 0 unspecified atom stereocenters. The molecule has 1 N–H and O–H groups in total. The molecule has 1 aromatic heterocycles. The van der Waals surface area contributed by atoms with Crippen molar-refractivity contribution in [3.05, 3.63) is 71.4 Å². The summed E-state index contributed by atoms with van der Waals surface area (Å²) in [6, 6.07) is 16.2. The molecular formula is C22H23FN3O2S+. The number of benzene rings is 2. The van der Waals surface area contributed by atoms with Gasteiger partial charge in [0.1, 0.15) is 18.9 Å². The van der Waals surface area contributed by atoms with Crippen LogP contribution in [0.15, 0.2) is 60.0 Å². The van der Waals surface area contributed by atoms with Crippen molar-refractivity contribution in [3.63, 3.8) is 0 Å². The predicted octanol–water partition coefficient (Wildman–Crippen LogP) is 2.40. The van der Waals surface area contributed by atoms with Crippen molar-refractivity contribution in [1.29, 1.82) is 0 Å². The molecule has 1 aliphatic rings. The number of morpholine rings is 1. The highest BCUT2D eigenvalue weighted by atomic mass is 32.1. The standard InChI is InChI=1S/C22H22FN3O2S/c23-19-8-6-17(7-9-19)14-26(21(27)15-25-10-12-28-13-11-25)22-24-20(16-29-22)18-4-2-1-3-5-18/h1-9,16H,10-15H2/p+1. The molecule has 2 heterocycles. The van der Waals surface area contributed by atoms with Crippen molar-refractivity contribution in [3.8, 4) is 11.3 Å². The van der Waals surface area contributed by atoms with Crippen LogP contribution in [0.25, 0.3) is 11.3 Å². The first-order chi connectivity index (χ1) is 14.2. The molecule has 7 heteroatoms. The lowest BCUT2D eigenvalue weighted by Gasteiger charge is -2.26. The van der Waals surface area contributed by atoms with E-state index in [1.165, 1.54) is 28.4 Å². The topological polar surface area (TPSA) is 46.9 Å². The average Bonchev–Trinajstić information content (AvgIpc) is 3.24. The number of ether oxygens (including phenoxy) is 1. The molecule has 1 saturated heterocycles. The second-order valence-corrected chi connectivity index (χ2v) is 7.86. The van der Waals surface area contributed by atoms with Crippen LogP contribution in [-0.2, 0) is 16.1 Å². The van der Waals surface area contributed by atoms with Gasteiger partial charge in [0.05, 0.1) is 25.5 Å². The van der Waals surface area contributed by atoms with E-state index >= 15 is 0 Å². The maximum Gasteiger partial charge on any atom is 0.284 e. The second-order valence-electron chi connectivity index (χ2n) is 7.03. The summed E-state index contributed by atoms with van der Waals surface area (Å²) in [6.45, 7) is 3.76. The maximum absolute atomic E-state index is 13.3. The van der Waals surface area contributed by atoms with Gasteiger partial charge < -0.3 is 9.64 Å². The van der Waals surface area contributed by atoms with E-state index < -0.39 is 0 Å². The van der Waals surface area contributed by atoms with Crippen LogP contribution in [0.2, 0.25) is 0 Å². The third-order valence-electron chi connectivity index (χ3n) is 4.95. The van der Waals surface area contributed by atoms with Gasteiger partial charge in [-0.1, -0.05) is 42.5 Å². The van der Waals surface area contributed by atoms with E-state index in [2.05, 4.69) is 0 Å². The van der Waals surface area contributed by atoms with Crippen LogP contribution in [0, 0.1) is 5.82 Å². The van der Waals surface area contributed by atoms with E-state index in [0.29, 0.717) is 31.4 Å². The molecule has 2 aromatic carbocycles. The van der Waals surface area contributed by atoms with Gasteiger partial charge >= 0.3 is 0 Å². The number of quaternary nitrogens is 1. The zero-order valence-electron chi connectivity index (χ0n) is 16.0. The summed E-state index contributed by atoms with van der Waals surface area (Å²) in [4.78, 5) is 20.8. The fraction of sp³-hybridized carbons (Fsp3) is 0.273. The van der Waals surface area contributed by atoms with Gasteiger partial charge in [-0.25, -0.2) is 9.37 Å². The highest BCUT2D eigenvalue weighted by Crippen LogP contribution is 2.28. The Bertz CT molecular complexity index is 940. The molecule has 5 nitrogen and oxygen atoms in total. The van der Waals surface area contributed by atoms with Gasteiger partial charge in [0, 0.05) is 10.9 Å². The maximum atomic E-state index is 13.3. The molecule has 29 heavy (non-hydrogen) atoms. The SMILES string of the molecule is O=C(C[NH+]1CCOCC1)N(Cc1ccc(F)cc1)c1nc(-c2ccccc2)cs1. The molecule has 1 aliphatic heterocycles. The number of thiazole rings is 1. The Labute approximate surface area is 173 Å². The molecule has 4 rings (SSSR count). The first kappa shape index (κ1) is 19.7. The molecule has 1 fully saturated rings. The first-order valence-electron chi connectivity index (χ1n) is 9.66. The number of nitrogens with zero attached hydrogens (tertiary/aromatic N) is 2. The minimum absolute atomic E-state index is 0.0141. The molecule has 150 valence electrons. The molecule has 0 spiro atoms. The molecule has 1 amide bonds. The van der Waals surface area contributed by atoms with Crippen LogP contribution in [-0.4, -0.2) is 43.7 Å². The predicted molar refractivity (Wildman–Crippen MR) is 112 cm³/mol. The molecule has 0 saturated carbocycles. The minimum atomic E-state index is -0.287. The van der Waals surface area contributed by atoms with Crippen LogP contribution in [0.5, 0.6) is 0 Å². The summed E-state index contributed by atoms with van der Waals surface area (Å²) in [6.07, 6.45) is 0. The smallest absolute Gasteiger partial charge is 0.284 e. The quantitative estimate of drug-likeness (QED) is 0.676. The normalized spacial score (nSPS) is 14.7. The fourth-order valence-corrected chi connectivity index (χ4v) is 4.16. The van der Waals surface area contributed by atoms with Gasteiger partial charge in [0.2, 0.25) is 0 Å². The van der Waals surface area contributed by atoms with Gasteiger partial charge in [-0.15, -0.1) is 11.3 Å². The highest BCUT2D eigenvalue weighted by molar-refractivity contribution is 7.14. The summed E-state index contributed by atoms with van der Waals surface area (Å²) >= 11 is 1.45. The Hall–Kier alpha value is -2.61. The van der Waals surface area contributed by atoms with Crippen molar-refractivity contribution in [2.75, 3.05) is 37.7 Å². The number of amides is 1. The Morgan fingerprint density at radius 3 is 2.55 bits per heavy atom. The fourth-order valence-electron chi connectivity index (χ4n) is 3.31. The molecule has 3 aromatic rings. The van der Waals surface area contributed by atoms with E-state index in [4.69, 9.17) is 9.72 Å². The van der Waals surface area contributed by atoms with Gasteiger partial charge in [-0.05, 0) is 17.7 Å². The zero-order chi connectivity index (χ0) is 20.1. The van der Waals surface area contributed by atoms with Crippen molar-refractivity contribution in [1.82, 2.24) is 4.98 Å². The Kier molecular flexibility index (Phi) is 6.29. The molecule has 0 radical (unpaired) electrons. The third-order valence-corrected chi connectivity index (χ3v) is 5.81. The highest BCUT2D eigenvalue weighted by Gasteiger charge is 2.25. The number of hydrogen-bond donors (Lipinski definition) is 1. The van der Waals surface area contributed by atoms with E-state index in [9.17, 15) is 9.18 Å². The molecule has 0 atom stereocenters. The number of anilines is 1. The zero-order valence-corrected chi connectivity index (χ0v) is 16.8. The van der Waals surface area contributed by atoms with Crippen LogP contribution in [0.3, 0.4) is 0 Å². The van der Waals surface area contributed by atoms with Crippen molar-refractivity contribution < 1.29 is 18.8 Å². The van der Waals surface area contributed by atoms with Gasteiger partial charge in [0.15, 0.2) is 11.7 Å². The van der Waals surface area contributed by atoms with Crippen LogP contribution >= 0.6 is 11.3 Å². The second kappa shape index (κ2) is 9.26. The van der Waals surface area contributed by atoms with Crippen LogP contribution < -0.4 is 9.80 Å². The summed E-state index contributed by atoms with van der Waals surface area (Å²) in [5.74, 6) is -0.273. The Morgan fingerprint density at radius 1 is 1.10 bits per heavy atom. The first-order valence-corrected chi connectivity index (χ1v) is 10.5. The molecule has 0 aliphatic carbocycles. The average molecular weight is 413 g/mol. The van der Waals surface area contributed by atoms with Gasteiger partial charge in [-0.3, -0.25) is 9.69 Å². The Balaban J connectivity index is 1.57. The van der Waals surface area contributed by atoms with E-state index in [1.54, 1.807) is 17.0 Å². The van der Waals surface area contributed by atoms with Crippen molar-refractivity contribution in [2.24, 2.45) is 0 Å². The van der Waals surface area contributed by atoms with Crippen molar-refractivity contribution in [2.45, 2.75) is 6.54 Å². The van der Waals surface area contributed by atoms with Gasteiger partial charge in [-0.2, -0.15) is 0 Å². The Morgan fingerprint density at radius 2 is 1.83 bits per heavy atom. The van der Waals surface area contributed by atoms with Gasteiger partial charge in [0.25, 0.3) is 5.91 Å². The largest absolute Gasteiger partial charge is 0.370 e. The number of carbonyl (C=O) groups is 1. The number of nitrogens with one attached hydrogen (secondary N) is 1. The van der Waals surface area contributed by atoms with Crippen molar-refractivity contribution >= 4 is 22.4 Å². The summed E-state index contributed by atoms with van der Waals surface area (Å²) in [5.41, 5.74) is 2.73. The third kappa shape index (κ3) is 5.06.